The third-order valence-electron chi connectivity index (χ3n) is 5.76. The quantitative estimate of drug-likeness (QED) is 0.393. The van der Waals surface area contributed by atoms with Crippen LogP contribution in [0, 0.1) is 10.1 Å². The van der Waals surface area contributed by atoms with E-state index in [-0.39, 0.29) is 17.3 Å². The fraction of sp³-hybridized carbons (Fsp3) is 0.650. The fourth-order valence-electron chi connectivity index (χ4n) is 2.83. The van der Waals surface area contributed by atoms with Gasteiger partial charge in [-0.3, -0.25) is 10.1 Å². The second-order valence-corrected chi connectivity index (χ2v) is 13.9. The molecule has 1 amide bonds. The van der Waals surface area contributed by atoms with Crippen molar-refractivity contribution >= 4 is 20.1 Å². The SMILES string of the molecule is C[C@@H]1O[C@@H](O[Si](C)(C)C(C)(C)C)C[C@H](NC(=O)OCc2ccc([N+](=O)[O-])cc2)[C@@H]1O. The molecule has 1 heterocycles. The second-order valence-electron chi connectivity index (χ2n) is 9.13. The second kappa shape index (κ2) is 9.42. The van der Waals surface area contributed by atoms with Gasteiger partial charge in [-0.1, -0.05) is 20.8 Å². The zero-order valence-corrected chi connectivity index (χ0v) is 19.4. The molecule has 0 aliphatic carbocycles. The van der Waals surface area contributed by atoms with Gasteiger partial charge < -0.3 is 24.3 Å². The van der Waals surface area contributed by atoms with Crippen LogP contribution in [0.25, 0.3) is 0 Å². The summed E-state index contributed by atoms with van der Waals surface area (Å²) in [6, 6.07) is 5.18. The Hall–Kier alpha value is -2.01. The van der Waals surface area contributed by atoms with Crippen molar-refractivity contribution in [2.45, 2.75) is 83.4 Å². The molecule has 1 aromatic rings. The third-order valence-corrected chi connectivity index (χ3v) is 10.2. The van der Waals surface area contributed by atoms with E-state index in [1.54, 1.807) is 6.92 Å². The number of nitrogens with zero attached hydrogens (tertiary/aromatic N) is 1. The number of nitro benzene ring substituents is 1. The molecule has 2 N–H and O–H groups in total. The van der Waals surface area contributed by atoms with Crippen molar-refractivity contribution in [2.75, 3.05) is 0 Å². The van der Waals surface area contributed by atoms with Crippen molar-refractivity contribution < 1.29 is 28.7 Å². The number of rotatable bonds is 6. The van der Waals surface area contributed by atoms with Crippen LogP contribution in [-0.4, -0.2) is 49.0 Å². The molecule has 1 aliphatic rings. The maximum Gasteiger partial charge on any atom is 0.407 e. The number of alkyl carbamates (subject to hydrolysis) is 1. The maximum absolute atomic E-state index is 12.2. The average Bonchev–Trinajstić information content (AvgIpc) is 2.63. The molecule has 30 heavy (non-hydrogen) atoms. The maximum atomic E-state index is 12.2. The van der Waals surface area contributed by atoms with Crippen LogP contribution in [0.5, 0.6) is 0 Å². The van der Waals surface area contributed by atoms with E-state index in [9.17, 15) is 20.0 Å². The zero-order chi connectivity index (χ0) is 22.7. The summed E-state index contributed by atoms with van der Waals surface area (Å²) in [6.45, 7) is 12.3. The minimum atomic E-state index is -2.08. The Morgan fingerprint density at radius 1 is 1.33 bits per heavy atom. The number of benzene rings is 1. The fourth-order valence-corrected chi connectivity index (χ4v) is 3.99. The van der Waals surface area contributed by atoms with Gasteiger partial charge in [0.25, 0.3) is 5.69 Å². The molecule has 0 saturated carbocycles. The van der Waals surface area contributed by atoms with Crippen LogP contribution in [0.4, 0.5) is 10.5 Å². The van der Waals surface area contributed by atoms with Crippen LogP contribution in [0.15, 0.2) is 24.3 Å². The van der Waals surface area contributed by atoms with E-state index in [0.29, 0.717) is 12.0 Å². The Labute approximate surface area is 178 Å². The van der Waals surface area contributed by atoms with Crippen LogP contribution in [0.1, 0.15) is 39.7 Å². The molecule has 1 saturated heterocycles. The first-order valence-corrected chi connectivity index (χ1v) is 12.9. The van der Waals surface area contributed by atoms with Crippen molar-refractivity contribution in [1.29, 1.82) is 0 Å². The summed E-state index contributed by atoms with van der Waals surface area (Å²) in [6.07, 6.45) is -2.29. The summed E-state index contributed by atoms with van der Waals surface area (Å²) in [5.74, 6) is 0. The molecule has 0 aromatic heterocycles. The molecule has 168 valence electrons. The van der Waals surface area contributed by atoms with E-state index in [1.807, 2.05) is 0 Å². The normalized spacial score (nSPS) is 24.9. The molecular weight excluding hydrogens is 408 g/mol. The minimum absolute atomic E-state index is 0.00226. The lowest BCUT2D eigenvalue weighted by molar-refractivity contribution is -0.384. The molecular formula is C20H32N2O7Si. The molecule has 1 fully saturated rings. The van der Waals surface area contributed by atoms with E-state index >= 15 is 0 Å². The van der Waals surface area contributed by atoms with E-state index in [0.717, 1.165) is 0 Å². The smallest absolute Gasteiger partial charge is 0.407 e. The summed E-state index contributed by atoms with van der Waals surface area (Å²) >= 11 is 0. The van der Waals surface area contributed by atoms with Crippen molar-refractivity contribution in [3.05, 3.63) is 39.9 Å². The number of aliphatic hydroxyl groups excluding tert-OH is 1. The summed E-state index contributed by atoms with van der Waals surface area (Å²) in [4.78, 5) is 22.4. The van der Waals surface area contributed by atoms with E-state index in [4.69, 9.17) is 13.9 Å². The highest BCUT2D eigenvalue weighted by molar-refractivity contribution is 6.74. The van der Waals surface area contributed by atoms with Crippen LogP contribution >= 0.6 is 0 Å². The monoisotopic (exact) mass is 440 g/mol. The average molecular weight is 441 g/mol. The van der Waals surface area contributed by atoms with Gasteiger partial charge in [0, 0.05) is 18.6 Å². The Morgan fingerprint density at radius 3 is 2.47 bits per heavy atom. The van der Waals surface area contributed by atoms with Gasteiger partial charge in [-0.25, -0.2) is 4.79 Å². The van der Waals surface area contributed by atoms with Crippen LogP contribution in [0.3, 0.4) is 0 Å². The van der Waals surface area contributed by atoms with Gasteiger partial charge in [0.1, 0.15) is 19.0 Å². The molecule has 1 aliphatic heterocycles. The lowest BCUT2D eigenvalue weighted by atomic mass is 10.00. The Bertz CT molecular complexity index is 749. The van der Waals surface area contributed by atoms with Crippen molar-refractivity contribution in [2.24, 2.45) is 0 Å². The number of carbonyl (C=O) groups is 1. The number of amides is 1. The van der Waals surface area contributed by atoms with Crippen LogP contribution < -0.4 is 5.32 Å². The molecule has 0 spiro atoms. The zero-order valence-electron chi connectivity index (χ0n) is 18.4. The lowest BCUT2D eigenvalue weighted by Crippen LogP contribution is -2.57. The van der Waals surface area contributed by atoms with Gasteiger partial charge in [0.05, 0.1) is 17.1 Å². The van der Waals surface area contributed by atoms with Crippen molar-refractivity contribution in [3.8, 4) is 0 Å². The molecule has 4 atom stereocenters. The minimum Gasteiger partial charge on any atom is -0.445 e. The number of carbonyl (C=O) groups excluding carboxylic acids is 1. The first-order valence-electron chi connectivity index (χ1n) is 9.98. The van der Waals surface area contributed by atoms with Gasteiger partial charge >= 0.3 is 6.09 Å². The van der Waals surface area contributed by atoms with E-state index in [2.05, 4.69) is 39.2 Å². The van der Waals surface area contributed by atoms with Crippen LogP contribution in [-0.2, 0) is 20.5 Å². The molecule has 10 heteroatoms. The largest absolute Gasteiger partial charge is 0.445 e. The van der Waals surface area contributed by atoms with E-state index < -0.39 is 43.9 Å². The van der Waals surface area contributed by atoms with Gasteiger partial charge in [-0.15, -0.1) is 0 Å². The van der Waals surface area contributed by atoms with E-state index in [1.165, 1.54) is 24.3 Å². The highest BCUT2D eigenvalue weighted by atomic mass is 28.4. The summed E-state index contributed by atoms with van der Waals surface area (Å²) in [7, 11) is -2.08. The molecule has 2 rings (SSSR count). The van der Waals surface area contributed by atoms with Crippen molar-refractivity contribution in [3.63, 3.8) is 0 Å². The summed E-state index contributed by atoms with van der Waals surface area (Å²) in [5.41, 5.74) is 0.589. The lowest BCUT2D eigenvalue weighted by Gasteiger charge is -2.44. The van der Waals surface area contributed by atoms with Gasteiger partial charge in [-0.2, -0.15) is 0 Å². The number of ether oxygens (including phenoxy) is 2. The Kier molecular flexibility index (Phi) is 7.62. The highest BCUT2D eigenvalue weighted by Gasteiger charge is 2.43. The number of nitro groups is 1. The predicted octanol–water partition coefficient (Wildman–Crippen LogP) is 3.71. The number of aliphatic hydroxyl groups is 1. The molecule has 0 radical (unpaired) electrons. The Balaban J connectivity index is 1.93. The number of hydrogen-bond donors (Lipinski definition) is 2. The molecule has 1 aromatic carbocycles. The molecule has 0 unspecified atom stereocenters. The molecule has 0 bridgehead atoms. The Morgan fingerprint density at radius 2 is 1.93 bits per heavy atom. The summed E-state index contributed by atoms with van der Waals surface area (Å²) in [5, 5.41) is 23.8. The van der Waals surface area contributed by atoms with Crippen LogP contribution in [0.2, 0.25) is 18.1 Å². The first kappa shape index (κ1) is 24.3. The van der Waals surface area contributed by atoms with Gasteiger partial charge in [0.15, 0.2) is 8.32 Å². The predicted molar refractivity (Wildman–Crippen MR) is 113 cm³/mol. The highest BCUT2D eigenvalue weighted by Crippen LogP contribution is 2.38. The first-order chi connectivity index (χ1) is 13.8. The third kappa shape index (κ3) is 6.24. The summed E-state index contributed by atoms with van der Waals surface area (Å²) < 4.78 is 17.3. The number of nitrogens with one attached hydrogen (secondary N) is 1. The number of non-ortho nitro benzene ring substituents is 1. The van der Waals surface area contributed by atoms with Crippen molar-refractivity contribution in [1.82, 2.24) is 5.32 Å². The standard InChI is InChI=1S/C20H32N2O7Si/c1-13-18(23)16(11-17(28-13)29-30(5,6)20(2,3)4)21-19(24)27-12-14-7-9-15(10-8-14)22(25)26/h7-10,13,16-18,23H,11-12H2,1-6H3,(H,21,24)/t13-,16-,17-,18+/m0/s1. The topological polar surface area (TPSA) is 120 Å². The molecule has 9 nitrogen and oxygen atoms in total. The van der Waals surface area contributed by atoms with Gasteiger partial charge in [0.2, 0.25) is 0 Å². The van der Waals surface area contributed by atoms with Gasteiger partial charge in [-0.05, 0) is 42.8 Å². The number of hydrogen-bond acceptors (Lipinski definition) is 7.